The van der Waals surface area contributed by atoms with Crippen LogP contribution in [-0.2, 0) is 9.47 Å². The highest BCUT2D eigenvalue weighted by Crippen LogP contribution is 2.46. The highest BCUT2D eigenvalue weighted by molar-refractivity contribution is 5.54. The zero-order valence-corrected chi connectivity index (χ0v) is 12.6. The van der Waals surface area contributed by atoms with Crippen LogP contribution in [0.5, 0.6) is 0 Å². The van der Waals surface area contributed by atoms with Gasteiger partial charge in [-0.2, -0.15) is 0 Å². The van der Waals surface area contributed by atoms with Gasteiger partial charge in [0, 0.05) is 32.1 Å². The van der Waals surface area contributed by atoms with Gasteiger partial charge in [0.1, 0.15) is 0 Å². The maximum Gasteiger partial charge on any atom is 0.0729 e. The Bertz CT molecular complexity index is 490. The van der Waals surface area contributed by atoms with Crippen LogP contribution in [-0.4, -0.2) is 32.0 Å². The van der Waals surface area contributed by atoms with Crippen molar-refractivity contribution >= 4 is 5.69 Å². The van der Waals surface area contributed by atoms with Gasteiger partial charge >= 0.3 is 0 Å². The van der Waals surface area contributed by atoms with E-state index in [1.807, 2.05) is 0 Å². The number of ether oxygens (including phenoxy) is 2. The summed E-state index contributed by atoms with van der Waals surface area (Å²) in [7, 11) is 0. The molecule has 114 valence electrons. The van der Waals surface area contributed by atoms with Crippen LogP contribution in [0.2, 0.25) is 0 Å². The summed E-state index contributed by atoms with van der Waals surface area (Å²) in [6.07, 6.45) is 5.84. The molecule has 1 aromatic rings. The average Bonchev–Trinajstić information content (AvgIpc) is 2.55. The Balaban J connectivity index is 1.56. The highest BCUT2D eigenvalue weighted by atomic mass is 16.5. The molecule has 2 atom stereocenters. The molecule has 0 amide bonds. The number of benzene rings is 1. The Kier molecular flexibility index (Phi) is 3.64. The lowest BCUT2D eigenvalue weighted by atomic mass is 9.71. The fourth-order valence-corrected chi connectivity index (χ4v) is 4.49. The number of fused-ring (bicyclic) bond motifs is 1. The van der Waals surface area contributed by atoms with Gasteiger partial charge in [-0.25, -0.2) is 0 Å². The fraction of sp³-hybridized carbons (Fsp3) is 0.667. The molecule has 1 spiro atoms. The second-order valence-electron chi connectivity index (χ2n) is 6.81. The van der Waals surface area contributed by atoms with Crippen LogP contribution < -0.4 is 5.32 Å². The van der Waals surface area contributed by atoms with E-state index in [0.717, 1.165) is 45.1 Å². The lowest BCUT2D eigenvalue weighted by molar-refractivity contribution is -0.149. The molecule has 3 heteroatoms. The monoisotopic (exact) mass is 287 g/mol. The minimum Gasteiger partial charge on any atom is -0.385 e. The number of hydrogen-bond donors (Lipinski definition) is 1. The topological polar surface area (TPSA) is 30.5 Å². The van der Waals surface area contributed by atoms with E-state index in [1.165, 1.54) is 30.5 Å². The Morgan fingerprint density at radius 2 is 1.90 bits per heavy atom. The van der Waals surface area contributed by atoms with Gasteiger partial charge < -0.3 is 14.8 Å². The molecule has 4 rings (SSSR count). The summed E-state index contributed by atoms with van der Waals surface area (Å²) in [5.41, 5.74) is 2.99. The number of anilines is 1. The second-order valence-corrected chi connectivity index (χ2v) is 6.81. The maximum absolute atomic E-state index is 6.22. The summed E-state index contributed by atoms with van der Waals surface area (Å²) in [5.74, 6) is 1.46. The van der Waals surface area contributed by atoms with E-state index in [0.29, 0.717) is 5.92 Å². The highest BCUT2D eigenvalue weighted by Gasteiger charge is 2.42. The molecule has 1 N–H and O–H groups in total. The summed E-state index contributed by atoms with van der Waals surface area (Å²) in [6, 6.07) is 8.86. The molecule has 0 bridgehead atoms. The summed E-state index contributed by atoms with van der Waals surface area (Å²) in [6.45, 7) is 3.77. The van der Waals surface area contributed by atoms with E-state index in [1.54, 1.807) is 0 Å². The molecule has 2 saturated heterocycles. The van der Waals surface area contributed by atoms with Crippen molar-refractivity contribution < 1.29 is 9.47 Å². The van der Waals surface area contributed by atoms with Gasteiger partial charge in [-0.15, -0.1) is 0 Å². The van der Waals surface area contributed by atoms with Crippen molar-refractivity contribution in [1.82, 2.24) is 0 Å². The molecular formula is C18H25NO2. The summed E-state index contributed by atoms with van der Waals surface area (Å²) in [4.78, 5) is 0. The van der Waals surface area contributed by atoms with E-state index in [4.69, 9.17) is 9.47 Å². The lowest BCUT2D eigenvalue weighted by Gasteiger charge is -2.46. The lowest BCUT2D eigenvalue weighted by Crippen LogP contribution is -2.45. The molecule has 3 nitrogen and oxygen atoms in total. The second kappa shape index (κ2) is 5.62. The molecule has 0 aromatic heterocycles. The normalized spacial score (nSPS) is 31.4. The van der Waals surface area contributed by atoms with Crippen molar-refractivity contribution in [3.8, 4) is 0 Å². The van der Waals surface area contributed by atoms with Crippen LogP contribution in [0.25, 0.3) is 0 Å². The molecule has 0 saturated carbocycles. The number of nitrogens with one attached hydrogen (secondary N) is 1. The van der Waals surface area contributed by atoms with Gasteiger partial charge in [0.05, 0.1) is 5.60 Å². The molecular weight excluding hydrogens is 262 g/mol. The largest absolute Gasteiger partial charge is 0.385 e. The van der Waals surface area contributed by atoms with Crippen molar-refractivity contribution in [3.05, 3.63) is 29.8 Å². The molecule has 1 aromatic carbocycles. The molecule has 2 fully saturated rings. The van der Waals surface area contributed by atoms with Gasteiger partial charge in [-0.3, -0.25) is 0 Å². The molecule has 3 aliphatic heterocycles. The fourth-order valence-electron chi connectivity index (χ4n) is 4.49. The Morgan fingerprint density at radius 1 is 1.05 bits per heavy atom. The van der Waals surface area contributed by atoms with Gasteiger partial charge in [-0.05, 0) is 55.6 Å². The van der Waals surface area contributed by atoms with E-state index in [-0.39, 0.29) is 5.60 Å². The maximum atomic E-state index is 6.22. The first-order valence-corrected chi connectivity index (χ1v) is 8.41. The predicted octanol–water partition coefficient (Wildman–Crippen LogP) is 3.56. The first-order valence-electron chi connectivity index (χ1n) is 8.41. The molecule has 0 aliphatic carbocycles. The van der Waals surface area contributed by atoms with Gasteiger partial charge in [0.2, 0.25) is 0 Å². The number of rotatable bonds is 1. The molecule has 3 heterocycles. The van der Waals surface area contributed by atoms with Crippen molar-refractivity contribution in [2.45, 2.75) is 43.6 Å². The smallest absolute Gasteiger partial charge is 0.0729 e. The number of hydrogen-bond acceptors (Lipinski definition) is 3. The summed E-state index contributed by atoms with van der Waals surface area (Å²) in [5, 5.41) is 3.55. The Hall–Kier alpha value is -1.06. The zero-order valence-electron chi connectivity index (χ0n) is 12.6. The number of para-hydroxylation sites is 1. The van der Waals surface area contributed by atoms with Gasteiger partial charge in [0.25, 0.3) is 0 Å². The van der Waals surface area contributed by atoms with Crippen LogP contribution in [0.3, 0.4) is 0 Å². The molecule has 21 heavy (non-hydrogen) atoms. The molecule has 3 aliphatic rings. The van der Waals surface area contributed by atoms with Crippen molar-refractivity contribution in [3.63, 3.8) is 0 Å². The average molecular weight is 287 g/mol. The SMILES string of the molecule is c1ccc2c(c1)NCCC2C1CCOC2(CCOCC2)C1. The molecule has 0 radical (unpaired) electrons. The Labute approximate surface area is 127 Å². The zero-order chi connectivity index (χ0) is 14.1. The van der Waals surface area contributed by atoms with E-state index in [2.05, 4.69) is 29.6 Å². The van der Waals surface area contributed by atoms with Crippen LogP contribution in [0.15, 0.2) is 24.3 Å². The Morgan fingerprint density at radius 3 is 2.81 bits per heavy atom. The third-order valence-electron chi connectivity index (χ3n) is 5.64. The minimum absolute atomic E-state index is 0.112. The summed E-state index contributed by atoms with van der Waals surface area (Å²) >= 11 is 0. The van der Waals surface area contributed by atoms with Crippen LogP contribution in [0, 0.1) is 5.92 Å². The van der Waals surface area contributed by atoms with Crippen molar-refractivity contribution in [2.24, 2.45) is 5.92 Å². The molecule has 2 unspecified atom stereocenters. The van der Waals surface area contributed by atoms with Crippen LogP contribution in [0.1, 0.15) is 43.6 Å². The first kappa shape index (κ1) is 13.6. The third kappa shape index (κ3) is 2.58. The van der Waals surface area contributed by atoms with E-state index in [9.17, 15) is 0 Å². The third-order valence-corrected chi connectivity index (χ3v) is 5.64. The van der Waals surface area contributed by atoms with Crippen molar-refractivity contribution in [2.75, 3.05) is 31.7 Å². The van der Waals surface area contributed by atoms with Crippen LogP contribution in [0.4, 0.5) is 5.69 Å². The van der Waals surface area contributed by atoms with Crippen molar-refractivity contribution in [1.29, 1.82) is 0 Å². The quantitative estimate of drug-likeness (QED) is 0.856. The van der Waals surface area contributed by atoms with Crippen LogP contribution >= 0.6 is 0 Å². The standard InChI is InChI=1S/C18H25NO2/c1-2-4-17-16(3-1)15(5-9-19-17)14-6-10-21-18(13-14)7-11-20-12-8-18/h1-4,14-15,19H,5-13H2. The van der Waals surface area contributed by atoms with Gasteiger partial charge in [0.15, 0.2) is 0 Å². The first-order chi connectivity index (χ1) is 10.4. The summed E-state index contributed by atoms with van der Waals surface area (Å²) < 4.78 is 11.8. The predicted molar refractivity (Wildman–Crippen MR) is 83.7 cm³/mol. The van der Waals surface area contributed by atoms with E-state index >= 15 is 0 Å². The minimum atomic E-state index is 0.112. The van der Waals surface area contributed by atoms with Gasteiger partial charge in [-0.1, -0.05) is 18.2 Å². The van der Waals surface area contributed by atoms with E-state index < -0.39 is 0 Å².